The lowest BCUT2D eigenvalue weighted by molar-refractivity contribution is -0.117. The largest absolute Gasteiger partial charge is 0.497 e. The molecule has 0 spiro atoms. The predicted molar refractivity (Wildman–Crippen MR) is 119 cm³/mol. The van der Waals surface area contributed by atoms with Crippen LogP contribution in [0.3, 0.4) is 0 Å². The molecule has 10 heteroatoms. The van der Waals surface area contributed by atoms with Crippen LogP contribution in [-0.4, -0.2) is 32.6 Å². The number of carbonyl (C=O) groups is 1. The Morgan fingerprint density at radius 3 is 2.69 bits per heavy atom. The molecule has 1 aromatic carbocycles. The molecule has 0 unspecified atom stereocenters. The minimum absolute atomic E-state index is 0.142. The first-order valence-electron chi connectivity index (χ1n) is 10.3. The number of alkyl halides is 2. The van der Waals surface area contributed by atoms with Gasteiger partial charge >= 0.3 is 0 Å². The smallest absolute Gasteiger partial charge is 0.283 e. The molecule has 0 bridgehead atoms. The molecule has 2 aromatic heterocycles. The van der Waals surface area contributed by atoms with Gasteiger partial charge in [0.2, 0.25) is 5.91 Å². The summed E-state index contributed by atoms with van der Waals surface area (Å²) in [5, 5.41) is 11.4. The van der Waals surface area contributed by atoms with Crippen molar-refractivity contribution in [1.82, 2.24) is 19.6 Å². The second-order valence-electron chi connectivity index (χ2n) is 7.92. The minimum Gasteiger partial charge on any atom is -0.497 e. The molecule has 2 heterocycles. The summed E-state index contributed by atoms with van der Waals surface area (Å²) in [5.74, 6) is 0.582. The number of anilines is 1. The van der Waals surface area contributed by atoms with Gasteiger partial charge in [0.15, 0.2) is 0 Å². The van der Waals surface area contributed by atoms with E-state index in [-0.39, 0.29) is 24.1 Å². The Kier molecular flexibility index (Phi) is 6.32. The number of nitrogens with zero attached hydrogens (tertiary/aromatic N) is 4. The van der Waals surface area contributed by atoms with E-state index in [0.717, 1.165) is 29.8 Å². The molecule has 0 saturated heterocycles. The molecule has 1 saturated carbocycles. The highest BCUT2D eigenvalue weighted by Gasteiger charge is 2.34. The van der Waals surface area contributed by atoms with Gasteiger partial charge in [0.1, 0.15) is 18.0 Å². The number of ether oxygens (including phenoxy) is 1. The van der Waals surface area contributed by atoms with Gasteiger partial charge in [0.25, 0.3) is 6.43 Å². The topological polar surface area (TPSA) is 74.0 Å². The van der Waals surface area contributed by atoms with Gasteiger partial charge in [-0.3, -0.25) is 14.2 Å². The van der Waals surface area contributed by atoms with Gasteiger partial charge in [-0.05, 0) is 60.3 Å². The zero-order valence-electron chi connectivity index (χ0n) is 18.0. The van der Waals surface area contributed by atoms with Crippen LogP contribution in [0.1, 0.15) is 53.5 Å². The molecule has 0 aliphatic heterocycles. The van der Waals surface area contributed by atoms with Crippen LogP contribution in [0.25, 0.3) is 0 Å². The first-order chi connectivity index (χ1) is 15.3. The van der Waals surface area contributed by atoms with Crippen molar-refractivity contribution < 1.29 is 18.3 Å². The van der Waals surface area contributed by atoms with Crippen LogP contribution in [0.15, 0.2) is 28.7 Å². The lowest BCUT2D eigenvalue weighted by Gasteiger charge is -2.10. The van der Waals surface area contributed by atoms with Crippen LogP contribution in [0.4, 0.5) is 14.5 Å². The molecule has 170 valence electrons. The number of carbonyl (C=O) groups excluding carboxylic acids is 1. The lowest BCUT2D eigenvalue weighted by Crippen LogP contribution is -2.21. The van der Waals surface area contributed by atoms with Gasteiger partial charge in [-0.1, -0.05) is 12.1 Å². The summed E-state index contributed by atoms with van der Waals surface area (Å²) in [4.78, 5) is 12.8. The van der Waals surface area contributed by atoms with Crippen molar-refractivity contribution >= 4 is 27.5 Å². The fraction of sp³-hybridized carbons (Fsp3) is 0.409. The van der Waals surface area contributed by atoms with E-state index in [0.29, 0.717) is 28.1 Å². The van der Waals surface area contributed by atoms with E-state index < -0.39 is 6.43 Å². The van der Waals surface area contributed by atoms with Crippen LogP contribution in [0, 0.1) is 13.8 Å². The van der Waals surface area contributed by atoms with Crippen molar-refractivity contribution in [2.45, 2.75) is 52.1 Å². The number of halogens is 3. The van der Waals surface area contributed by atoms with E-state index in [9.17, 15) is 13.6 Å². The fourth-order valence-electron chi connectivity index (χ4n) is 3.77. The zero-order chi connectivity index (χ0) is 23.0. The highest BCUT2D eigenvalue weighted by Crippen LogP contribution is 2.45. The van der Waals surface area contributed by atoms with Gasteiger partial charge < -0.3 is 10.1 Å². The molecule has 0 radical (unpaired) electrons. The van der Waals surface area contributed by atoms with Crippen LogP contribution >= 0.6 is 15.9 Å². The van der Waals surface area contributed by atoms with E-state index in [1.807, 2.05) is 42.8 Å². The molecular weight excluding hydrogens is 484 g/mol. The monoisotopic (exact) mass is 507 g/mol. The van der Waals surface area contributed by atoms with E-state index in [4.69, 9.17) is 4.74 Å². The number of methoxy groups -OCH3 is 1. The van der Waals surface area contributed by atoms with Gasteiger partial charge in [0.05, 0.1) is 40.9 Å². The molecular formula is C22H24BrF2N5O2. The lowest BCUT2D eigenvalue weighted by atomic mass is 10.2. The van der Waals surface area contributed by atoms with Crippen LogP contribution < -0.4 is 10.1 Å². The first-order valence-corrected chi connectivity index (χ1v) is 11.1. The van der Waals surface area contributed by atoms with E-state index in [1.54, 1.807) is 7.11 Å². The Hall–Kier alpha value is -2.75. The third-order valence-electron chi connectivity index (χ3n) is 5.53. The highest BCUT2D eigenvalue weighted by molar-refractivity contribution is 9.10. The number of rotatable bonds is 8. The number of amides is 1. The number of nitrogens with one attached hydrogen (secondary N) is 1. The Balaban J connectivity index is 1.51. The average molecular weight is 508 g/mol. The number of aromatic nitrogens is 4. The maximum Gasteiger partial charge on any atom is 0.283 e. The van der Waals surface area contributed by atoms with Crippen LogP contribution in [0.5, 0.6) is 5.75 Å². The summed E-state index contributed by atoms with van der Waals surface area (Å²) in [5.41, 5.74) is 3.46. The second-order valence-corrected chi connectivity index (χ2v) is 8.71. The summed E-state index contributed by atoms with van der Waals surface area (Å²) in [6.45, 7) is 4.08. The Labute approximate surface area is 192 Å². The van der Waals surface area contributed by atoms with Crippen molar-refractivity contribution in [2.24, 2.45) is 0 Å². The summed E-state index contributed by atoms with van der Waals surface area (Å²) in [6.07, 6.45) is -0.890. The van der Waals surface area contributed by atoms with Crippen molar-refractivity contribution in [3.8, 4) is 5.75 Å². The molecule has 1 aliphatic carbocycles. The normalized spacial score (nSPS) is 13.6. The Bertz CT molecular complexity index is 1150. The second kappa shape index (κ2) is 9.01. The summed E-state index contributed by atoms with van der Waals surface area (Å²) >= 11 is 3.25. The molecule has 1 amide bonds. The zero-order valence-corrected chi connectivity index (χ0v) is 19.6. The molecule has 1 N–H and O–H groups in total. The Morgan fingerprint density at radius 2 is 2.03 bits per heavy atom. The summed E-state index contributed by atoms with van der Waals surface area (Å²) in [7, 11) is 1.62. The van der Waals surface area contributed by atoms with Gasteiger partial charge in [0, 0.05) is 5.92 Å². The quantitative estimate of drug-likeness (QED) is 0.467. The molecule has 1 fully saturated rings. The molecule has 3 aromatic rings. The van der Waals surface area contributed by atoms with Crippen molar-refractivity contribution in [1.29, 1.82) is 0 Å². The van der Waals surface area contributed by atoms with Crippen molar-refractivity contribution in [3.05, 3.63) is 57.1 Å². The van der Waals surface area contributed by atoms with E-state index in [1.165, 1.54) is 4.68 Å². The number of aryl methyl sites for hydroxylation is 1. The number of hydrogen-bond acceptors (Lipinski definition) is 4. The molecule has 7 nitrogen and oxygen atoms in total. The molecule has 0 atom stereocenters. The molecule has 1 aliphatic rings. The third kappa shape index (κ3) is 4.55. The maximum absolute atomic E-state index is 13.3. The van der Waals surface area contributed by atoms with Gasteiger partial charge in [-0.25, -0.2) is 8.78 Å². The Morgan fingerprint density at radius 1 is 1.28 bits per heavy atom. The van der Waals surface area contributed by atoms with E-state index in [2.05, 4.69) is 31.4 Å². The number of hydrogen-bond donors (Lipinski definition) is 1. The van der Waals surface area contributed by atoms with Gasteiger partial charge in [-0.15, -0.1) is 0 Å². The summed E-state index contributed by atoms with van der Waals surface area (Å²) < 4.78 is 35.4. The highest BCUT2D eigenvalue weighted by atomic mass is 79.9. The fourth-order valence-corrected chi connectivity index (χ4v) is 4.55. The predicted octanol–water partition coefficient (Wildman–Crippen LogP) is 4.97. The minimum atomic E-state index is -2.70. The van der Waals surface area contributed by atoms with Gasteiger partial charge in [-0.2, -0.15) is 10.2 Å². The van der Waals surface area contributed by atoms with Crippen LogP contribution in [0.2, 0.25) is 0 Å². The van der Waals surface area contributed by atoms with Crippen molar-refractivity contribution in [2.75, 3.05) is 12.4 Å². The third-order valence-corrected chi connectivity index (χ3v) is 6.35. The number of benzene rings is 1. The first kappa shape index (κ1) is 22.4. The maximum atomic E-state index is 13.3. The standard InChI is InChI=1S/C22H24BrF2N5O2/c1-12-19(13(2)29(27-12)10-14-5-4-6-16(9-14)32-3)26-17(31)11-30-21(15-7-8-15)18(23)20(28-30)22(24)25/h4-6,9,15,22H,7-8,10-11H2,1-3H3,(H,26,31). The average Bonchev–Trinajstić information content (AvgIpc) is 3.49. The summed E-state index contributed by atoms with van der Waals surface area (Å²) in [6, 6.07) is 7.70. The van der Waals surface area contributed by atoms with Crippen LogP contribution in [-0.2, 0) is 17.9 Å². The van der Waals surface area contributed by atoms with Crippen molar-refractivity contribution in [3.63, 3.8) is 0 Å². The molecule has 4 rings (SSSR count). The molecule has 32 heavy (non-hydrogen) atoms. The van der Waals surface area contributed by atoms with E-state index >= 15 is 0 Å². The SMILES string of the molecule is COc1cccc(Cn2nc(C)c(NC(=O)Cn3nc(C(F)F)c(Br)c3C3CC3)c2C)c1.